The molecule has 112 valence electrons. The van der Waals surface area contributed by atoms with Gasteiger partial charge in [-0.25, -0.2) is 0 Å². The van der Waals surface area contributed by atoms with Crippen molar-refractivity contribution < 1.29 is 9.90 Å². The van der Waals surface area contributed by atoms with Crippen molar-refractivity contribution in [2.24, 2.45) is 11.7 Å². The van der Waals surface area contributed by atoms with E-state index in [1.165, 1.54) is 0 Å². The third kappa shape index (κ3) is 4.85. The van der Waals surface area contributed by atoms with Gasteiger partial charge in [0.25, 0.3) is 0 Å². The van der Waals surface area contributed by atoms with Gasteiger partial charge in [0.05, 0.1) is 6.04 Å². The van der Waals surface area contributed by atoms with E-state index in [1.54, 1.807) is 24.3 Å². The number of nitrogens with zero attached hydrogens (tertiary/aromatic N) is 1. The Balaban J connectivity index is 2.71. The summed E-state index contributed by atoms with van der Waals surface area (Å²) >= 11 is 0. The first-order valence-corrected chi connectivity index (χ1v) is 7.15. The molecule has 1 rings (SSSR count). The van der Waals surface area contributed by atoms with Gasteiger partial charge < -0.3 is 15.7 Å². The minimum atomic E-state index is -0.541. The average Bonchev–Trinajstić information content (AvgIpc) is 2.37. The van der Waals surface area contributed by atoms with Gasteiger partial charge in [-0.05, 0) is 43.9 Å². The van der Waals surface area contributed by atoms with E-state index in [4.69, 9.17) is 5.73 Å². The van der Waals surface area contributed by atoms with Crippen molar-refractivity contribution in [1.82, 2.24) is 4.90 Å². The zero-order valence-corrected chi connectivity index (χ0v) is 12.8. The molecule has 0 aromatic heterocycles. The van der Waals surface area contributed by atoms with E-state index < -0.39 is 6.04 Å². The Morgan fingerprint density at radius 1 is 1.20 bits per heavy atom. The van der Waals surface area contributed by atoms with E-state index in [0.29, 0.717) is 12.3 Å². The first-order chi connectivity index (χ1) is 9.31. The number of carbonyl (C=O) groups is 1. The Morgan fingerprint density at radius 3 is 2.20 bits per heavy atom. The fourth-order valence-electron chi connectivity index (χ4n) is 2.13. The second-order valence-corrected chi connectivity index (χ2v) is 5.96. The molecule has 1 aromatic rings. The lowest BCUT2D eigenvalue weighted by atomic mass is 10.0. The fourth-order valence-corrected chi connectivity index (χ4v) is 2.13. The monoisotopic (exact) mass is 278 g/mol. The lowest BCUT2D eigenvalue weighted by molar-refractivity contribution is -0.134. The highest BCUT2D eigenvalue weighted by molar-refractivity contribution is 5.82. The number of hydrogen-bond acceptors (Lipinski definition) is 3. The number of hydrogen-bond donors (Lipinski definition) is 2. The molecule has 0 bridgehead atoms. The van der Waals surface area contributed by atoms with E-state index in [-0.39, 0.29) is 17.7 Å². The molecule has 20 heavy (non-hydrogen) atoms. The predicted molar refractivity (Wildman–Crippen MR) is 81.5 cm³/mol. The lowest BCUT2D eigenvalue weighted by Gasteiger charge is -2.31. The SMILES string of the molecule is CC(C)CN(C(=O)[C@H](N)Cc1ccc(O)cc1)C(C)C. The highest BCUT2D eigenvalue weighted by atomic mass is 16.3. The Kier molecular flexibility index (Phi) is 6.02. The van der Waals surface area contributed by atoms with Crippen LogP contribution in [0.25, 0.3) is 0 Å². The molecular weight excluding hydrogens is 252 g/mol. The summed E-state index contributed by atoms with van der Waals surface area (Å²) in [7, 11) is 0. The molecule has 1 aromatic carbocycles. The van der Waals surface area contributed by atoms with Gasteiger partial charge in [0.2, 0.25) is 5.91 Å². The van der Waals surface area contributed by atoms with Gasteiger partial charge >= 0.3 is 0 Å². The van der Waals surface area contributed by atoms with Crippen molar-refractivity contribution in [3.8, 4) is 5.75 Å². The number of carbonyl (C=O) groups excluding carboxylic acids is 1. The topological polar surface area (TPSA) is 66.6 Å². The van der Waals surface area contributed by atoms with Crippen LogP contribution >= 0.6 is 0 Å². The largest absolute Gasteiger partial charge is 0.508 e. The summed E-state index contributed by atoms with van der Waals surface area (Å²) in [5.74, 6) is 0.626. The van der Waals surface area contributed by atoms with Gasteiger partial charge in [0.15, 0.2) is 0 Å². The average molecular weight is 278 g/mol. The van der Waals surface area contributed by atoms with Crippen LogP contribution in [-0.4, -0.2) is 34.5 Å². The number of amides is 1. The molecule has 1 amide bonds. The third-order valence-corrected chi connectivity index (χ3v) is 3.18. The minimum Gasteiger partial charge on any atom is -0.508 e. The molecule has 0 aliphatic carbocycles. The van der Waals surface area contributed by atoms with Crippen molar-refractivity contribution in [3.63, 3.8) is 0 Å². The standard InChI is InChI=1S/C16H26N2O2/c1-11(2)10-18(12(3)4)16(20)15(17)9-13-5-7-14(19)8-6-13/h5-8,11-12,15,19H,9-10,17H2,1-4H3/t15-/m1/s1. The zero-order chi connectivity index (χ0) is 15.3. The van der Waals surface area contributed by atoms with Gasteiger partial charge in [0.1, 0.15) is 5.75 Å². The second-order valence-electron chi connectivity index (χ2n) is 5.96. The molecule has 0 radical (unpaired) electrons. The molecule has 0 aliphatic rings. The van der Waals surface area contributed by atoms with Crippen LogP contribution < -0.4 is 5.73 Å². The van der Waals surface area contributed by atoms with Crippen LogP contribution in [0.1, 0.15) is 33.3 Å². The summed E-state index contributed by atoms with van der Waals surface area (Å²) in [5, 5.41) is 9.25. The van der Waals surface area contributed by atoms with Crippen molar-refractivity contribution >= 4 is 5.91 Å². The summed E-state index contributed by atoms with van der Waals surface area (Å²) in [6.07, 6.45) is 0.487. The fraction of sp³-hybridized carbons (Fsp3) is 0.562. The molecule has 3 N–H and O–H groups in total. The molecule has 0 heterocycles. The zero-order valence-electron chi connectivity index (χ0n) is 12.8. The van der Waals surface area contributed by atoms with Gasteiger partial charge in [0, 0.05) is 12.6 Å². The number of nitrogens with two attached hydrogens (primary N) is 1. The molecule has 0 aliphatic heterocycles. The molecular formula is C16H26N2O2. The molecule has 4 nitrogen and oxygen atoms in total. The number of rotatable bonds is 6. The van der Waals surface area contributed by atoms with Crippen molar-refractivity contribution in [2.75, 3.05) is 6.54 Å². The summed E-state index contributed by atoms with van der Waals surface area (Å²) in [4.78, 5) is 14.3. The predicted octanol–water partition coefficient (Wildman–Crippen LogP) is 2.15. The molecule has 0 saturated heterocycles. The molecule has 4 heteroatoms. The molecule has 0 unspecified atom stereocenters. The maximum atomic E-state index is 12.4. The lowest BCUT2D eigenvalue weighted by Crippen LogP contribution is -2.49. The number of phenolic OH excluding ortho intramolecular Hbond substituents is 1. The van der Waals surface area contributed by atoms with Crippen molar-refractivity contribution in [1.29, 1.82) is 0 Å². The van der Waals surface area contributed by atoms with Crippen LogP contribution in [0.3, 0.4) is 0 Å². The van der Waals surface area contributed by atoms with Gasteiger partial charge in [-0.15, -0.1) is 0 Å². The Bertz CT molecular complexity index is 427. The molecule has 0 saturated carbocycles. The Hall–Kier alpha value is -1.55. The van der Waals surface area contributed by atoms with Crippen LogP contribution in [0.4, 0.5) is 0 Å². The first-order valence-electron chi connectivity index (χ1n) is 7.15. The van der Waals surface area contributed by atoms with E-state index in [2.05, 4.69) is 13.8 Å². The van der Waals surface area contributed by atoms with Gasteiger partial charge in [-0.2, -0.15) is 0 Å². The molecule has 0 spiro atoms. The second kappa shape index (κ2) is 7.29. The van der Waals surface area contributed by atoms with E-state index in [9.17, 15) is 9.90 Å². The van der Waals surface area contributed by atoms with Crippen LogP contribution in [0.15, 0.2) is 24.3 Å². The van der Waals surface area contributed by atoms with E-state index >= 15 is 0 Å². The summed E-state index contributed by atoms with van der Waals surface area (Å²) in [5.41, 5.74) is 7.00. The highest BCUT2D eigenvalue weighted by Crippen LogP contribution is 2.13. The smallest absolute Gasteiger partial charge is 0.240 e. The normalized spacial score (nSPS) is 12.8. The van der Waals surface area contributed by atoms with Crippen LogP contribution in [0.2, 0.25) is 0 Å². The maximum absolute atomic E-state index is 12.4. The summed E-state index contributed by atoms with van der Waals surface area (Å²) in [6.45, 7) is 8.92. The number of aromatic hydroxyl groups is 1. The van der Waals surface area contributed by atoms with Crippen LogP contribution in [0, 0.1) is 5.92 Å². The van der Waals surface area contributed by atoms with Crippen molar-refractivity contribution in [3.05, 3.63) is 29.8 Å². The number of benzene rings is 1. The number of phenols is 1. The van der Waals surface area contributed by atoms with Gasteiger partial charge in [-0.3, -0.25) is 4.79 Å². The Morgan fingerprint density at radius 2 is 1.75 bits per heavy atom. The van der Waals surface area contributed by atoms with Crippen LogP contribution in [-0.2, 0) is 11.2 Å². The maximum Gasteiger partial charge on any atom is 0.240 e. The molecule has 0 fully saturated rings. The minimum absolute atomic E-state index is 0.0122. The van der Waals surface area contributed by atoms with Crippen molar-refractivity contribution in [2.45, 2.75) is 46.2 Å². The quantitative estimate of drug-likeness (QED) is 0.838. The molecule has 1 atom stereocenters. The van der Waals surface area contributed by atoms with E-state index in [0.717, 1.165) is 12.1 Å². The Labute approximate surface area is 121 Å². The van der Waals surface area contributed by atoms with Crippen LogP contribution in [0.5, 0.6) is 5.75 Å². The third-order valence-electron chi connectivity index (χ3n) is 3.18. The highest BCUT2D eigenvalue weighted by Gasteiger charge is 2.24. The first kappa shape index (κ1) is 16.5. The summed E-state index contributed by atoms with van der Waals surface area (Å²) in [6, 6.07) is 6.42. The summed E-state index contributed by atoms with van der Waals surface area (Å²) < 4.78 is 0. The van der Waals surface area contributed by atoms with Gasteiger partial charge in [-0.1, -0.05) is 26.0 Å². The van der Waals surface area contributed by atoms with E-state index in [1.807, 2.05) is 18.7 Å².